The molecule has 0 aliphatic heterocycles. The zero-order valence-electron chi connectivity index (χ0n) is 7.77. The van der Waals surface area contributed by atoms with Gasteiger partial charge >= 0.3 is 0 Å². The van der Waals surface area contributed by atoms with Crippen molar-refractivity contribution < 1.29 is 8.78 Å². The fraction of sp³-hybridized carbons (Fsp3) is 0.0909. The molecule has 0 unspecified atom stereocenters. The van der Waals surface area contributed by atoms with E-state index in [1.54, 1.807) is 0 Å². The van der Waals surface area contributed by atoms with Gasteiger partial charge in [0.15, 0.2) is 0 Å². The molecule has 0 amide bonds. The predicted octanol–water partition coefficient (Wildman–Crippen LogP) is 2.62. The van der Waals surface area contributed by atoms with Crippen molar-refractivity contribution in [1.29, 1.82) is 0 Å². The van der Waals surface area contributed by atoms with Crippen LogP contribution >= 0.6 is 0 Å². The quantitative estimate of drug-likeness (QED) is 0.754. The van der Waals surface area contributed by atoms with E-state index in [0.29, 0.717) is 0 Å². The van der Waals surface area contributed by atoms with Crippen molar-refractivity contribution in [3.63, 3.8) is 0 Å². The highest BCUT2D eigenvalue weighted by atomic mass is 19.3. The Hall–Kier alpha value is -1.84. The molecule has 0 saturated carbocycles. The van der Waals surface area contributed by atoms with Crippen LogP contribution in [0.4, 0.5) is 8.78 Å². The van der Waals surface area contributed by atoms with Crippen LogP contribution in [-0.2, 0) is 5.92 Å². The maximum absolute atomic E-state index is 13.8. The molecule has 2 heterocycles. The molecule has 0 aliphatic rings. The van der Waals surface area contributed by atoms with Crippen molar-refractivity contribution in [1.82, 2.24) is 9.97 Å². The summed E-state index contributed by atoms with van der Waals surface area (Å²) in [4.78, 5) is 7.41. The molecular weight excluding hydrogens is 198 g/mol. The third kappa shape index (κ3) is 1.83. The molecule has 0 aromatic carbocycles. The number of hydrogen-bond donors (Lipinski definition) is 0. The average Bonchev–Trinajstić information content (AvgIpc) is 2.31. The van der Waals surface area contributed by atoms with Gasteiger partial charge in [-0.05, 0) is 24.3 Å². The SMILES string of the molecule is FC(F)(c1ccncc1)c1ccncc1. The highest BCUT2D eigenvalue weighted by Crippen LogP contribution is 2.34. The summed E-state index contributed by atoms with van der Waals surface area (Å²) < 4.78 is 27.7. The first-order valence-corrected chi connectivity index (χ1v) is 4.40. The second-order valence-electron chi connectivity index (χ2n) is 3.05. The molecule has 0 radical (unpaired) electrons. The van der Waals surface area contributed by atoms with E-state index in [1.807, 2.05) is 0 Å². The standard InChI is InChI=1S/C11H8F2N2/c12-11(13,9-1-5-14-6-2-9)10-3-7-15-8-4-10/h1-8H. The van der Waals surface area contributed by atoms with E-state index in [0.717, 1.165) is 0 Å². The Morgan fingerprint density at radius 1 is 0.733 bits per heavy atom. The van der Waals surface area contributed by atoms with E-state index in [2.05, 4.69) is 9.97 Å². The van der Waals surface area contributed by atoms with Crippen LogP contribution in [0.1, 0.15) is 11.1 Å². The summed E-state index contributed by atoms with van der Waals surface area (Å²) in [6.45, 7) is 0. The topological polar surface area (TPSA) is 25.8 Å². The Kier molecular flexibility index (Phi) is 2.41. The number of pyridine rings is 2. The molecular formula is C11H8F2N2. The summed E-state index contributed by atoms with van der Waals surface area (Å²) in [7, 11) is 0. The molecule has 0 fully saturated rings. The lowest BCUT2D eigenvalue weighted by atomic mass is 10.0. The lowest BCUT2D eigenvalue weighted by Crippen LogP contribution is -2.15. The molecule has 0 N–H and O–H groups in total. The molecule has 4 heteroatoms. The minimum atomic E-state index is -2.99. The van der Waals surface area contributed by atoms with Crippen LogP contribution in [0.2, 0.25) is 0 Å². The van der Waals surface area contributed by atoms with Gasteiger partial charge in [0, 0.05) is 35.9 Å². The molecule has 0 bridgehead atoms. The zero-order chi connectivity index (χ0) is 10.7. The van der Waals surface area contributed by atoms with Crippen LogP contribution in [0.15, 0.2) is 49.1 Å². The first kappa shape index (κ1) is 9.71. The normalized spacial score (nSPS) is 11.3. The van der Waals surface area contributed by atoms with Crippen LogP contribution in [0.25, 0.3) is 0 Å². The van der Waals surface area contributed by atoms with Gasteiger partial charge in [-0.2, -0.15) is 8.78 Å². The lowest BCUT2D eigenvalue weighted by Gasteiger charge is -2.16. The Balaban J connectivity index is 2.44. The molecule has 2 aromatic heterocycles. The van der Waals surface area contributed by atoms with E-state index in [-0.39, 0.29) is 11.1 Å². The molecule has 76 valence electrons. The fourth-order valence-corrected chi connectivity index (χ4v) is 1.29. The number of nitrogens with zero attached hydrogens (tertiary/aromatic N) is 2. The largest absolute Gasteiger partial charge is 0.298 e. The summed E-state index contributed by atoms with van der Waals surface area (Å²) in [5.74, 6) is -2.99. The molecule has 0 aliphatic carbocycles. The molecule has 2 nitrogen and oxygen atoms in total. The van der Waals surface area contributed by atoms with Crippen molar-refractivity contribution in [3.8, 4) is 0 Å². The van der Waals surface area contributed by atoms with Gasteiger partial charge in [-0.25, -0.2) is 0 Å². The lowest BCUT2D eigenvalue weighted by molar-refractivity contribution is 0.0426. The first-order valence-electron chi connectivity index (χ1n) is 4.40. The van der Waals surface area contributed by atoms with E-state index in [4.69, 9.17) is 0 Å². The van der Waals surface area contributed by atoms with E-state index >= 15 is 0 Å². The van der Waals surface area contributed by atoms with Crippen molar-refractivity contribution in [2.45, 2.75) is 5.92 Å². The third-order valence-corrected chi connectivity index (χ3v) is 2.09. The number of hydrogen-bond acceptors (Lipinski definition) is 2. The van der Waals surface area contributed by atoms with Crippen molar-refractivity contribution >= 4 is 0 Å². The Morgan fingerprint density at radius 2 is 1.07 bits per heavy atom. The van der Waals surface area contributed by atoms with Gasteiger partial charge in [0.05, 0.1) is 0 Å². The van der Waals surface area contributed by atoms with Crippen LogP contribution in [0.5, 0.6) is 0 Å². The Morgan fingerprint density at radius 3 is 1.40 bits per heavy atom. The minimum Gasteiger partial charge on any atom is -0.265 e. The molecule has 0 saturated heterocycles. The van der Waals surface area contributed by atoms with Gasteiger partial charge in [-0.15, -0.1) is 0 Å². The molecule has 2 aromatic rings. The second kappa shape index (κ2) is 3.73. The molecule has 15 heavy (non-hydrogen) atoms. The fourth-order valence-electron chi connectivity index (χ4n) is 1.29. The highest BCUT2D eigenvalue weighted by Gasteiger charge is 2.33. The molecule has 0 atom stereocenters. The molecule has 0 spiro atoms. The summed E-state index contributed by atoms with van der Waals surface area (Å²) >= 11 is 0. The summed E-state index contributed by atoms with van der Waals surface area (Å²) in [5, 5.41) is 0. The monoisotopic (exact) mass is 206 g/mol. The van der Waals surface area contributed by atoms with E-state index in [1.165, 1.54) is 49.1 Å². The first-order chi connectivity index (χ1) is 7.21. The van der Waals surface area contributed by atoms with Crippen LogP contribution in [0.3, 0.4) is 0 Å². The maximum Gasteiger partial charge on any atom is 0.298 e. The summed E-state index contributed by atoms with van der Waals surface area (Å²) in [6, 6.07) is 5.22. The number of rotatable bonds is 2. The summed E-state index contributed by atoms with van der Waals surface area (Å²) in [6.07, 6.45) is 5.41. The van der Waals surface area contributed by atoms with Gasteiger partial charge in [0.1, 0.15) is 0 Å². The van der Waals surface area contributed by atoms with Crippen LogP contribution < -0.4 is 0 Å². The average molecular weight is 206 g/mol. The van der Waals surface area contributed by atoms with Gasteiger partial charge in [0.25, 0.3) is 5.92 Å². The van der Waals surface area contributed by atoms with Gasteiger partial charge < -0.3 is 0 Å². The van der Waals surface area contributed by atoms with E-state index in [9.17, 15) is 8.78 Å². The molecule has 2 rings (SSSR count). The number of halogens is 2. The minimum absolute atomic E-state index is 0.0660. The third-order valence-electron chi connectivity index (χ3n) is 2.09. The van der Waals surface area contributed by atoms with Gasteiger partial charge in [-0.1, -0.05) is 0 Å². The van der Waals surface area contributed by atoms with Crippen molar-refractivity contribution in [3.05, 3.63) is 60.2 Å². The van der Waals surface area contributed by atoms with Crippen LogP contribution in [-0.4, -0.2) is 9.97 Å². The predicted molar refractivity (Wildman–Crippen MR) is 51.5 cm³/mol. The Bertz CT molecular complexity index is 387. The Labute approximate surface area is 85.6 Å². The van der Waals surface area contributed by atoms with Gasteiger partial charge in [0.2, 0.25) is 0 Å². The second-order valence-corrected chi connectivity index (χ2v) is 3.05. The summed E-state index contributed by atoms with van der Waals surface area (Å²) in [5.41, 5.74) is -0.132. The number of alkyl halides is 2. The van der Waals surface area contributed by atoms with Crippen molar-refractivity contribution in [2.75, 3.05) is 0 Å². The van der Waals surface area contributed by atoms with Gasteiger partial charge in [-0.3, -0.25) is 9.97 Å². The van der Waals surface area contributed by atoms with E-state index < -0.39 is 5.92 Å². The highest BCUT2D eigenvalue weighted by molar-refractivity contribution is 5.30. The number of aromatic nitrogens is 2. The smallest absolute Gasteiger partial charge is 0.265 e. The zero-order valence-corrected chi connectivity index (χ0v) is 7.77. The maximum atomic E-state index is 13.8. The van der Waals surface area contributed by atoms with Crippen LogP contribution in [0, 0.1) is 0 Å². The van der Waals surface area contributed by atoms with Crippen molar-refractivity contribution in [2.24, 2.45) is 0 Å².